The highest BCUT2D eigenvalue weighted by Gasteiger charge is 2.27. The normalized spacial score (nSPS) is 20.2. The molecule has 0 aromatic carbocycles. The molecule has 1 saturated heterocycles. The molecule has 2 heterocycles. The van der Waals surface area contributed by atoms with Gasteiger partial charge < -0.3 is 19.3 Å². The van der Waals surface area contributed by atoms with Gasteiger partial charge in [-0.15, -0.1) is 0 Å². The molecular formula is C10H12N2O5. The molecule has 7 nitrogen and oxygen atoms in total. The third kappa shape index (κ3) is 2.82. The van der Waals surface area contributed by atoms with Crippen molar-refractivity contribution in [3.8, 4) is 0 Å². The van der Waals surface area contributed by atoms with Crippen LogP contribution in [0.5, 0.6) is 0 Å². The van der Waals surface area contributed by atoms with E-state index in [2.05, 4.69) is 9.68 Å². The number of hydrogen-bond acceptors (Lipinski definition) is 5. The Bertz CT molecular complexity index is 403. The molecule has 1 amide bonds. The standard InChI is InChI=1S/C10H12N2O5/c13-9(14)5-7-6-12(2-4-16-7)10(15)8-1-3-17-11-8/h1,3,7H,2,4-6H2,(H,13,14). The van der Waals surface area contributed by atoms with E-state index in [-0.39, 0.29) is 24.6 Å². The molecule has 17 heavy (non-hydrogen) atoms. The maximum absolute atomic E-state index is 11.9. The largest absolute Gasteiger partial charge is 0.481 e. The Morgan fingerprint density at radius 1 is 1.59 bits per heavy atom. The first-order valence-electron chi connectivity index (χ1n) is 5.20. The number of carboxylic acid groups (broad SMARTS) is 1. The Hall–Kier alpha value is -1.89. The molecule has 1 atom stereocenters. The van der Waals surface area contributed by atoms with Crippen molar-refractivity contribution in [1.29, 1.82) is 0 Å². The lowest BCUT2D eigenvalue weighted by atomic mass is 10.2. The topological polar surface area (TPSA) is 92.9 Å². The van der Waals surface area contributed by atoms with E-state index < -0.39 is 12.1 Å². The van der Waals surface area contributed by atoms with Crippen LogP contribution in [-0.2, 0) is 9.53 Å². The first kappa shape index (κ1) is 11.6. The molecule has 92 valence electrons. The Morgan fingerprint density at radius 3 is 3.06 bits per heavy atom. The zero-order chi connectivity index (χ0) is 12.3. The van der Waals surface area contributed by atoms with Gasteiger partial charge in [-0.1, -0.05) is 5.16 Å². The van der Waals surface area contributed by atoms with E-state index in [1.165, 1.54) is 17.2 Å². The van der Waals surface area contributed by atoms with Gasteiger partial charge in [-0.05, 0) is 0 Å². The summed E-state index contributed by atoms with van der Waals surface area (Å²) in [5.74, 6) is -1.21. The highest BCUT2D eigenvalue weighted by atomic mass is 16.5. The number of aromatic nitrogens is 1. The number of carboxylic acids is 1. The SMILES string of the molecule is O=C(O)CC1CN(C(=O)c2ccon2)CCO1. The maximum Gasteiger partial charge on any atom is 0.306 e. The number of nitrogens with zero attached hydrogens (tertiary/aromatic N) is 2. The Morgan fingerprint density at radius 2 is 2.41 bits per heavy atom. The van der Waals surface area contributed by atoms with Gasteiger partial charge in [-0.3, -0.25) is 9.59 Å². The molecule has 1 aliphatic rings. The summed E-state index contributed by atoms with van der Waals surface area (Å²) in [6.45, 7) is 1.03. The molecule has 0 bridgehead atoms. The number of hydrogen-bond donors (Lipinski definition) is 1. The fraction of sp³-hybridized carbons (Fsp3) is 0.500. The average molecular weight is 240 g/mol. The molecule has 0 radical (unpaired) electrons. The fourth-order valence-electron chi connectivity index (χ4n) is 1.71. The average Bonchev–Trinajstić information content (AvgIpc) is 2.81. The smallest absolute Gasteiger partial charge is 0.306 e. The maximum atomic E-state index is 11.9. The number of carbonyl (C=O) groups excluding carboxylic acids is 1. The van der Waals surface area contributed by atoms with Crippen molar-refractivity contribution < 1.29 is 24.0 Å². The molecule has 0 spiro atoms. The lowest BCUT2D eigenvalue weighted by Crippen LogP contribution is -2.46. The quantitative estimate of drug-likeness (QED) is 0.798. The van der Waals surface area contributed by atoms with Crippen LogP contribution < -0.4 is 0 Å². The summed E-state index contributed by atoms with van der Waals surface area (Å²) < 4.78 is 9.86. The number of rotatable bonds is 3. The van der Waals surface area contributed by atoms with Gasteiger partial charge in [0.2, 0.25) is 0 Å². The summed E-state index contributed by atoms with van der Waals surface area (Å²) in [4.78, 5) is 24.0. The van der Waals surface area contributed by atoms with Crippen molar-refractivity contribution in [2.75, 3.05) is 19.7 Å². The molecule has 1 N–H and O–H groups in total. The van der Waals surface area contributed by atoms with E-state index in [9.17, 15) is 9.59 Å². The summed E-state index contributed by atoms with van der Waals surface area (Å²) in [5.41, 5.74) is 0.223. The van der Waals surface area contributed by atoms with Crippen LogP contribution in [0.2, 0.25) is 0 Å². The third-order valence-corrected chi connectivity index (χ3v) is 2.49. The van der Waals surface area contributed by atoms with Crippen molar-refractivity contribution in [3.63, 3.8) is 0 Å². The van der Waals surface area contributed by atoms with Crippen molar-refractivity contribution in [2.24, 2.45) is 0 Å². The van der Waals surface area contributed by atoms with Gasteiger partial charge in [0.15, 0.2) is 5.69 Å². The summed E-state index contributed by atoms with van der Waals surface area (Å²) in [7, 11) is 0. The van der Waals surface area contributed by atoms with E-state index in [0.29, 0.717) is 13.2 Å². The molecule has 0 saturated carbocycles. The molecule has 0 aliphatic carbocycles. The molecule has 1 unspecified atom stereocenters. The summed E-state index contributed by atoms with van der Waals surface area (Å²) in [6.07, 6.45) is 0.752. The van der Waals surface area contributed by atoms with Crippen LogP contribution in [0.1, 0.15) is 16.9 Å². The van der Waals surface area contributed by atoms with Gasteiger partial charge in [0.05, 0.1) is 19.1 Å². The van der Waals surface area contributed by atoms with Crippen LogP contribution in [0.25, 0.3) is 0 Å². The second-order valence-corrected chi connectivity index (χ2v) is 3.73. The molecule has 1 aliphatic heterocycles. The molecule has 1 fully saturated rings. The predicted octanol–water partition coefficient (Wildman–Crippen LogP) is -0.00970. The number of aliphatic carboxylic acids is 1. The van der Waals surface area contributed by atoms with E-state index in [0.717, 1.165) is 0 Å². The van der Waals surface area contributed by atoms with Crippen LogP contribution in [-0.4, -0.2) is 52.8 Å². The van der Waals surface area contributed by atoms with Gasteiger partial charge in [-0.2, -0.15) is 0 Å². The monoisotopic (exact) mass is 240 g/mol. The highest BCUT2D eigenvalue weighted by Crippen LogP contribution is 2.11. The number of amides is 1. The fourth-order valence-corrected chi connectivity index (χ4v) is 1.71. The Balaban J connectivity index is 1.97. The van der Waals surface area contributed by atoms with E-state index >= 15 is 0 Å². The minimum Gasteiger partial charge on any atom is -0.481 e. The molecule has 2 rings (SSSR count). The molecule has 1 aromatic heterocycles. The first-order chi connectivity index (χ1) is 8.16. The van der Waals surface area contributed by atoms with Gasteiger partial charge in [-0.25, -0.2) is 0 Å². The zero-order valence-electron chi connectivity index (χ0n) is 9.04. The molecular weight excluding hydrogens is 228 g/mol. The second-order valence-electron chi connectivity index (χ2n) is 3.73. The van der Waals surface area contributed by atoms with Crippen LogP contribution in [0, 0.1) is 0 Å². The van der Waals surface area contributed by atoms with Gasteiger partial charge >= 0.3 is 5.97 Å². The third-order valence-electron chi connectivity index (χ3n) is 2.49. The van der Waals surface area contributed by atoms with Crippen LogP contribution in [0.4, 0.5) is 0 Å². The van der Waals surface area contributed by atoms with Crippen LogP contribution in [0.3, 0.4) is 0 Å². The summed E-state index contributed by atoms with van der Waals surface area (Å²) in [5, 5.41) is 12.2. The zero-order valence-corrected chi connectivity index (χ0v) is 9.04. The first-order valence-corrected chi connectivity index (χ1v) is 5.20. The number of morpholine rings is 1. The van der Waals surface area contributed by atoms with Gasteiger partial charge in [0, 0.05) is 19.2 Å². The predicted molar refractivity (Wildman–Crippen MR) is 54.4 cm³/mol. The van der Waals surface area contributed by atoms with Crippen molar-refractivity contribution in [3.05, 3.63) is 18.0 Å². The second kappa shape index (κ2) is 4.96. The lowest BCUT2D eigenvalue weighted by Gasteiger charge is -2.31. The summed E-state index contributed by atoms with van der Waals surface area (Å²) in [6, 6.07) is 1.48. The van der Waals surface area contributed by atoms with E-state index in [4.69, 9.17) is 9.84 Å². The molecule has 1 aromatic rings. The Kier molecular flexibility index (Phi) is 3.38. The molecule has 7 heteroatoms. The summed E-state index contributed by atoms with van der Waals surface area (Å²) >= 11 is 0. The van der Waals surface area contributed by atoms with Gasteiger partial charge in [0.1, 0.15) is 6.26 Å². The van der Waals surface area contributed by atoms with Crippen molar-refractivity contribution in [2.45, 2.75) is 12.5 Å². The van der Waals surface area contributed by atoms with E-state index in [1.807, 2.05) is 0 Å². The highest BCUT2D eigenvalue weighted by molar-refractivity contribution is 5.92. The Labute approximate surface area is 96.9 Å². The van der Waals surface area contributed by atoms with Crippen LogP contribution >= 0.6 is 0 Å². The van der Waals surface area contributed by atoms with Crippen molar-refractivity contribution in [1.82, 2.24) is 10.1 Å². The van der Waals surface area contributed by atoms with Gasteiger partial charge in [0.25, 0.3) is 5.91 Å². The minimum atomic E-state index is -0.939. The minimum absolute atomic E-state index is 0.109. The van der Waals surface area contributed by atoms with Crippen molar-refractivity contribution >= 4 is 11.9 Å². The lowest BCUT2D eigenvalue weighted by molar-refractivity contribution is -0.141. The number of carbonyl (C=O) groups is 2. The number of ether oxygens (including phenoxy) is 1. The van der Waals surface area contributed by atoms with E-state index in [1.54, 1.807) is 0 Å². The van der Waals surface area contributed by atoms with Crippen LogP contribution in [0.15, 0.2) is 16.9 Å².